The molecule has 0 aromatic heterocycles. The molecular formula is C69H127N12O15+. The third kappa shape index (κ3) is 24.6. The lowest BCUT2D eigenvalue weighted by molar-refractivity contribution is -1.11. The second kappa shape index (κ2) is 40.4. The Hall–Kier alpha value is -5.71. The molecule has 27 nitrogen and oxygen atoms in total. The van der Waals surface area contributed by atoms with Crippen molar-refractivity contribution in [2.45, 2.75) is 235 Å². The molecular weight excluding hydrogens is 1240 g/mol. The summed E-state index contributed by atoms with van der Waals surface area (Å²) in [5, 5.41) is 32.8. The van der Waals surface area contributed by atoms with Crippen molar-refractivity contribution in [2.24, 2.45) is 35.5 Å². The number of nitrogens with zero attached hydrogens (tertiary/aromatic N) is 8. The van der Waals surface area contributed by atoms with Gasteiger partial charge in [-0.25, -0.2) is 5.21 Å². The number of carbonyl (C=O) groups excluding carboxylic acids is 11. The van der Waals surface area contributed by atoms with Crippen LogP contribution >= 0.6 is 0 Å². The van der Waals surface area contributed by atoms with Crippen molar-refractivity contribution in [2.75, 3.05) is 108 Å². The van der Waals surface area contributed by atoms with Gasteiger partial charge < -0.3 is 70.1 Å². The van der Waals surface area contributed by atoms with Crippen molar-refractivity contribution in [1.29, 1.82) is 0 Å². The quantitative estimate of drug-likeness (QED) is 0.0382. The standard InChI is InChI=1S/C69H126N12O15/c1-24-53(72-61(85)55(37-45(10)27-31-82)77(21)69(93)58(70-17)43(6)7)66(90)75(19)48(13)64(88)79(23)60(51(16)96-32-26-25-28-81(94)29-33-95-34-30-81)62(86)73-59(44(8)9)68(92)74(18)40-57(84)52(35-41(2)3)39-71-47(12)63(87)80-46(11)38-54(50(15)83)76(20)67(91)56(36-42(4)5)78(22)65(89)49(80)14/h41-49,51-56,58-60,70-71,82,94H,24-40H2,1-23H3,(H-,72,73,85,86)/p+1/t45-,46?,47+,48-,49-,51-,52+,53?,54+,55-,56+,58+,59+,60+/m1/s1. The number of rotatable bonds is 38. The molecule has 2 fully saturated rings. The molecule has 27 heteroatoms. The minimum Gasteiger partial charge on any atom is -0.396 e. The number of unbranched alkanes of at least 4 members (excludes halogenated alkanes) is 1. The van der Waals surface area contributed by atoms with Crippen LogP contribution < -0.4 is 21.3 Å². The van der Waals surface area contributed by atoms with Crippen molar-refractivity contribution in [1.82, 2.24) is 55.6 Å². The number of aliphatic hydroxyl groups is 1. The van der Waals surface area contributed by atoms with Crippen LogP contribution in [0.15, 0.2) is 0 Å². The number of hydrogen-bond donors (Lipinski definition) is 6. The average molecular weight is 1360 g/mol. The van der Waals surface area contributed by atoms with Crippen molar-refractivity contribution in [3.8, 4) is 0 Å². The van der Waals surface area contributed by atoms with Crippen LogP contribution in [0.1, 0.15) is 162 Å². The number of amides is 9. The number of ether oxygens (including phenoxy) is 2. The molecule has 0 bridgehead atoms. The summed E-state index contributed by atoms with van der Waals surface area (Å²) in [6, 6.07) is -10.9. The molecule has 552 valence electrons. The van der Waals surface area contributed by atoms with Gasteiger partial charge in [-0.15, -0.1) is 0 Å². The number of Topliss-reactive ketones (excluding diaryl/α,β-unsaturated/α-hetero) is 2. The van der Waals surface area contributed by atoms with Gasteiger partial charge in [0.2, 0.25) is 53.2 Å². The second-order valence-corrected chi connectivity index (χ2v) is 29.0. The molecule has 9 amide bonds. The molecule has 2 aliphatic heterocycles. The Kier molecular flexibility index (Phi) is 36.3. The van der Waals surface area contributed by atoms with Gasteiger partial charge in [-0.1, -0.05) is 69.2 Å². The summed E-state index contributed by atoms with van der Waals surface area (Å²) in [6.07, 6.45) is 1.55. The number of ketones is 2. The molecule has 0 spiro atoms. The third-order valence-electron chi connectivity index (χ3n) is 19.4. The molecule has 2 heterocycles. The van der Waals surface area contributed by atoms with Crippen LogP contribution in [0.4, 0.5) is 0 Å². The van der Waals surface area contributed by atoms with Crippen LogP contribution in [0.2, 0.25) is 0 Å². The fraction of sp³-hybridized carbons (Fsp3) is 0.841. The maximum absolute atomic E-state index is 15.0. The highest BCUT2D eigenvalue weighted by Crippen LogP contribution is 2.26. The summed E-state index contributed by atoms with van der Waals surface area (Å²) in [6.45, 7) is 29.9. The molecule has 2 unspecified atom stereocenters. The summed E-state index contributed by atoms with van der Waals surface area (Å²) in [5.74, 6) is -6.87. The van der Waals surface area contributed by atoms with Crippen LogP contribution in [-0.2, 0) is 62.2 Å². The molecule has 0 radical (unpaired) electrons. The molecule has 0 saturated carbocycles. The zero-order chi connectivity index (χ0) is 73.5. The molecule has 2 aliphatic rings. The molecule has 2 rings (SSSR count). The molecule has 96 heavy (non-hydrogen) atoms. The normalized spacial score (nSPS) is 21.1. The number of hydroxylamine groups is 3. The minimum absolute atomic E-state index is 0.00201. The summed E-state index contributed by atoms with van der Waals surface area (Å²) >= 11 is 0. The SMILES string of the molecule is CCC(NC(=O)[C@@H](C[C@H](C)CCO)N(C)C(=O)[C@@H](NC)C(C)C)C(=O)N(C)[C@H](C)C(=O)N(C)[C@H](C(=O)N[C@H](C(=O)N(C)CC(=O)[C@H](CN[C@@H](C)C(=O)N1C(C)C[C@@H](C(C)=O)N(C)C(=O)[C@H](CC(C)C)N(C)C(=O)[C@H]1C)CC(C)C)C(C)C)[C@@H](C)OCCCC[N+]1(O)CCOCC1. The van der Waals surface area contributed by atoms with E-state index in [1.54, 1.807) is 69.6 Å². The number of aliphatic hydroxyl groups excluding tert-OH is 1. The van der Waals surface area contributed by atoms with Gasteiger partial charge in [0.1, 0.15) is 61.9 Å². The molecule has 0 aliphatic carbocycles. The first-order valence-corrected chi connectivity index (χ1v) is 35.0. The van der Waals surface area contributed by atoms with E-state index in [9.17, 15) is 63.1 Å². The van der Waals surface area contributed by atoms with Gasteiger partial charge in [-0.2, -0.15) is 4.65 Å². The number of quaternary nitrogens is 1. The average Bonchev–Trinajstić information content (AvgIpc) is 0.802. The molecule has 0 aromatic carbocycles. The van der Waals surface area contributed by atoms with Crippen molar-refractivity contribution in [3.63, 3.8) is 0 Å². The highest BCUT2D eigenvalue weighted by atomic mass is 16.6. The number of nitrogens with one attached hydrogen (secondary N) is 4. The van der Waals surface area contributed by atoms with E-state index in [0.29, 0.717) is 65.0 Å². The van der Waals surface area contributed by atoms with Gasteiger partial charge in [0.05, 0.1) is 44.0 Å². The zero-order valence-electron chi connectivity index (χ0n) is 62.7. The Labute approximate surface area is 574 Å². The Bertz CT molecular complexity index is 2570. The highest BCUT2D eigenvalue weighted by Gasteiger charge is 2.45. The van der Waals surface area contributed by atoms with Gasteiger partial charge in [0.25, 0.3) is 0 Å². The lowest BCUT2D eigenvalue weighted by Gasteiger charge is -2.43. The first kappa shape index (κ1) is 86.4. The van der Waals surface area contributed by atoms with Gasteiger partial charge in [-0.05, 0) is 123 Å². The lowest BCUT2D eigenvalue weighted by atomic mass is 9.92. The van der Waals surface area contributed by atoms with Gasteiger partial charge >= 0.3 is 0 Å². The van der Waals surface area contributed by atoms with E-state index >= 15 is 0 Å². The molecule has 14 atom stereocenters. The van der Waals surface area contributed by atoms with Crippen LogP contribution in [-0.4, -0.2) is 295 Å². The number of morpholine rings is 1. The lowest BCUT2D eigenvalue weighted by Crippen LogP contribution is -2.62. The molecule has 6 N–H and O–H groups in total. The summed E-state index contributed by atoms with van der Waals surface area (Å²) < 4.78 is 11.6. The monoisotopic (exact) mass is 1360 g/mol. The Morgan fingerprint density at radius 2 is 1.32 bits per heavy atom. The first-order valence-electron chi connectivity index (χ1n) is 35.0. The van der Waals surface area contributed by atoms with Crippen LogP contribution in [0, 0.1) is 35.5 Å². The van der Waals surface area contributed by atoms with E-state index in [-0.39, 0.29) is 97.3 Å². The van der Waals surface area contributed by atoms with Crippen LogP contribution in [0.3, 0.4) is 0 Å². The van der Waals surface area contributed by atoms with Gasteiger partial charge in [0.15, 0.2) is 11.6 Å². The highest BCUT2D eigenvalue weighted by molar-refractivity contribution is 5.98. The molecule has 2 saturated heterocycles. The molecule has 0 aromatic rings. The minimum atomic E-state index is -1.39. The van der Waals surface area contributed by atoms with E-state index in [4.69, 9.17) is 9.47 Å². The van der Waals surface area contributed by atoms with E-state index in [2.05, 4.69) is 21.3 Å². The third-order valence-corrected chi connectivity index (χ3v) is 19.4. The number of carbonyl (C=O) groups is 11. The predicted molar refractivity (Wildman–Crippen MR) is 366 cm³/mol. The largest absolute Gasteiger partial charge is 0.396 e. The summed E-state index contributed by atoms with van der Waals surface area (Å²) in [7, 11) is 10.6. The fourth-order valence-electron chi connectivity index (χ4n) is 13.0. The van der Waals surface area contributed by atoms with Crippen molar-refractivity contribution in [3.05, 3.63) is 0 Å². The van der Waals surface area contributed by atoms with E-state index in [0.717, 1.165) is 0 Å². The number of likely N-dealkylation sites (N-methyl/N-ethyl adjacent to an activating group) is 7. The predicted octanol–water partition coefficient (Wildman–Crippen LogP) is 2.56. The van der Waals surface area contributed by atoms with Gasteiger partial charge in [0, 0.05) is 80.4 Å². The smallest absolute Gasteiger partial charge is 0.246 e. The summed E-state index contributed by atoms with van der Waals surface area (Å²) in [5.41, 5.74) is 0. The van der Waals surface area contributed by atoms with E-state index < -0.39 is 126 Å². The van der Waals surface area contributed by atoms with Crippen LogP contribution in [0.25, 0.3) is 0 Å². The summed E-state index contributed by atoms with van der Waals surface area (Å²) in [4.78, 5) is 167. The maximum atomic E-state index is 15.0. The Balaban J connectivity index is 2.49. The fourth-order valence-corrected chi connectivity index (χ4v) is 13.0. The van der Waals surface area contributed by atoms with Crippen molar-refractivity contribution < 1.29 is 77.2 Å². The topological polar surface area (TPSA) is 317 Å². The first-order chi connectivity index (χ1) is 44.7. The zero-order valence-corrected chi connectivity index (χ0v) is 62.7. The van der Waals surface area contributed by atoms with Crippen molar-refractivity contribution >= 4 is 64.7 Å². The van der Waals surface area contributed by atoms with Gasteiger partial charge in [-0.3, -0.25) is 52.7 Å². The Morgan fingerprint density at radius 1 is 0.729 bits per heavy atom. The second-order valence-electron chi connectivity index (χ2n) is 29.0. The van der Waals surface area contributed by atoms with E-state index in [1.807, 2.05) is 48.5 Å². The Morgan fingerprint density at radius 3 is 1.84 bits per heavy atom. The number of hydrogen-bond acceptors (Lipinski definition) is 17. The maximum Gasteiger partial charge on any atom is 0.246 e. The van der Waals surface area contributed by atoms with E-state index in [1.165, 1.54) is 76.3 Å². The van der Waals surface area contributed by atoms with Crippen LogP contribution in [0.5, 0.6) is 0 Å².